The molecule has 2 aromatic heterocycles. The van der Waals surface area contributed by atoms with Gasteiger partial charge in [0.05, 0.1) is 18.1 Å². The minimum atomic E-state index is 0.581. The Hall–Kier alpha value is -2.34. The number of rotatable bonds is 6. The Morgan fingerprint density at radius 2 is 1.91 bits per heavy atom. The molecule has 3 aromatic rings. The molecule has 0 bridgehead atoms. The summed E-state index contributed by atoms with van der Waals surface area (Å²) >= 11 is 1.63. The quantitative estimate of drug-likeness (QED) is 0.747. The lowest BCUT2D eigenvalue weighted by Crippen LogP contribution is -1.98. The number of hydrogen-bond donors (Lipinski definition) is 1. The lowest BCUT2D eigenvalue weighted by molar-refractivity contribution is 0.288. The van der Waals surface area contributed by atoms with Crippen molar-refractivity contribution in [1.82, 2.24) is 15.2 Å². The van der Waals surface area contributed by atoms with Gasteiger partial charge in [0.25, 0.3) is 0 Å². The number of benzene rings is 1. The molecule has 6 heteroatoms. The Labute approximate surface area is 132 Å². The molecule has 1 N–H and O–H groups in total. The fraction of sp³-hybridized carbons (Fsp3) is 0.250. The molecule has 2 heterocycles. The zero-order valence-electron chi connectivity index (χ0n) is 12.5. The standard InChI is InChI=1S/C16H17N3O2S/c1-3-20-12-8-7-11(10-13(12)21-4-2)15-17-16(19-18-15)14-6-5-9-22-14/h5-10H,3-4H2,1-2H3,(H,17,18,19). The maximum atomic E-state index is 5.64. The lowest BCUT2D eigenvalue weighted by atomic mass is 10.2. The molecule has 0 amide bonds. The van der Waals surface area contributed by atoms with Gasteiger partial charge in [-0.2, -0.15) is 5.10 Å². The number of aromatic nitrogens is 3. The van der Waals surface area contributed by atoms with E-state index in [1.807, 2.05) is 49.6 Å². The van der Waals surface area contributed by atoms with E-state index in [0.717, 1.165) is 22.0 Å². The topological polar surface area (TPSA) is 60.0 Å². The SMILES string of the molecule is CCOc1ccc(-c2n[nH]c(-c3cccs3)n2)cc1OCC. The van der Waals surface area contributed by atoms with E-state index in [9.17, 15) is 0 Å². The minimum absolute atomic E-state index is 0.581. The van der Waals surface area contributed by atoms with Crippen molar-refractivity contribution in [3.8, 4) is 33.6 Å². The van der Waals surface area contributed by atoms with Crippen LogP contribution in [0.5, 0.6) is 11.5 Å². The Morgan fingerprint density at radius 3 is 2.64 bits per heavy atom. The second kappa shape index (κ2) is 6.62. The molecule has 0 unspecified atom stereocenters. The first kappa shape index (κ1) is 14.6. The third-order valence-corrected chi connectivity index (χ3v) is 3.92. The molecule has 0 aliphatic carbocycles. The van der Waals surface area contributed by atoms with Crippen LogP contribution in [-0.2, 0) is 0 Å². The largest absolute Gasteiger partial charge is 0.490 e. The molecule has 114 valence electrons. The average molecular weight is 315 g/mol. The number of thiophene rings is 1. The molecule has 0 atom stereocenters. The smallest absolute Gasteiger partial charge is 0.181 e. The molecule has 0 saturated heterocycles. The van der Waals surface area contributed by atoms with Gasteiger partial charge in [-0.3, -0.25) is 5.10 Å². The summed E-state index contributed by atoms with van der Waals surface area (Å²) in [5.41, 5.74) is 0.894. The second-order valence-electron chi connectivity index (χ2n) is 4.51. The highest BCUT2D eigenvalue weighted by Gasteiger charge is 2.12. The summed E-state index contributed by atoms with van der Waals surface area (Å²) in [6.07, 6.45) is 0. The predicted octanol–water partition coefficient (Wildman–Crippen LogP) is 4.00. The number of H-pyrrole nitrogens is 1. The van der Waals surface area contributed by atoms with E-state index in [0.29, 0.717) is 24.8 Å². The van der Waals surface area contributed by atoms with E-state index in [-0.39, 0.29) is 0 Å². The fourth-order valence-corrected chi connectivity index (χ4v) is 2.77. The van der Waals surface area contributed by atoms with Gasteiger partial charge in [-0.15, -0.1) is 11.3 Å². The lowest BCUT2D eigenvalue weighted by Gasteiger charge is -2.11. The van der Waals surface area contributed by atoms with E-state index < -0.39 is 0 Å². The zero-order valence-corrected chi connectivity index (χ0v) is 13.3. The zero-order chi connectivity index (χ0) is 15.4. The average Bonchev–Trinajstić information content (AvgIpc) is 3.20. The Bertz CT molecular complexity index is 738. The van der Waals surface area contributed by atoms with Crippen molar-refractivity contribution in [1.29, 1.82) is 0 Å². The Balaban J connectivity index is 1.93. The van der Waals surface area contributed by atoms with Crippen molar-refractivity contribution in [2.45, 2.75) is 13.8 Å². The van der Waals surface area contributed by atoms with Gasteiger partial charge >= 0.3 is 0 Å². The van der Waals surface area contributed by atoms with Crippen molar-refractivity contribution < 1.29 is 9.47 Å². The molecule has 0 aliphatic rings. The maximum Gasteiger partial charge on any atom is 0.181 e. The predicted molar refractivity (Wildman–Crippen MR) is 87.5 cm³/mol. The minimum Gasteiger partial charge on any atom is -0.490 e. The Morgan fingerprint density at radius 1 is 1.09 bits per heavy atom. The van der Waals surface area contributed by atoms with Gasteiger partial charge in [0, 0.05) is 5.56 Å². The van der Waals surface area contributed by atoms with E-state index in [1.54, 1.807) is 11.3 Å². The monoisotopic (exact) mass is 315 g/mol. The molecular weight excluding hydrogens is 298 g/mol. The van der Waals surface area contributed by atoms with Crippen LogP contribution in [0, 0.1) is 0 Å². The summed E-state index contributed by atoms with van der Waals surface area (Å²) in [6.45, 7) is 5.08. The number of hydrogen-bond acceptors (Lipinski definition) is 5. The van der Waals surface area contributed by atoms with Crippen molar-refractivity contribution in [2.24, 2.45) is 0 Å². The number of nitrogens with one attached hydrogen (secondary N) is 1. The van der Waals surface area contributed by atoms with Crippen LogP contribution < -0.4 is 9.47 Å². The molecule has 0 saturated carbocycles. The van der Waals surface area contributed by atoms with Crippen LogP contribution in [0.15, 0.2) is 35.7 Å². The van der Waals surface area contributed by atoms with Crippen molar-refractivity contribution in [3.63, 3.8) is 0 Å². The van der Waals surface area contributed by atoms with Gasteiger partial charge in [-0.05, 0) is 43.5 Å². The van der Waals surface area contributed by atoms with Gasteiger partial charge in [0.15, 0.2) is 23.1 Å². The van der Waals surface area contributed by atoms with E-state index >= 15 is 0 Å². The summed E-state index contributed by atoms with van der Waals surface area (Å²) in [4.78, 5) is 5.61. The molecule has 0 fully saturated rings. The van der Waals surface area contributed by atoms with Gasteiger partial charge in [0.2, 0.25) is 0 Å². The normalized spacial score (nSPS) is 10.6. The van der Waals surface area contributed by atoms with E-state index in [2.05, 4.69) is 15.2 Å². The van der Waals surface area contributed by atoms with E-state index in [4.69, 9.17) is 9.47 Å². The van der Waals surface area contributed by atoms with Crippen LogP contribution in [0.25, 0.3) is 22.1 Å². The van der Waals surface area contributed by atoms with Crippen LogP contribution in [0.4, 0.5) is 0 Å². The van der Waals surface area contributed by atoms with Crippen molar-refractivity contribution >= 4 is 11.3 Å². The van der Waals surface area contributed by atoms with Crippen LogP contribution in [0.2, 0.25) is 0 Å². The summed E-state index contributed by atoms with van der Waals surface area (Å²) in [6, 6.07) is 9.75. The van der Waals surface area contributed by atoms with Gasteiger partial charge in [-0.25, -0.2) is 4.98 Å². The molecule has 1 aromatic carbocycles. The third kappa shape index (κ3) is 2.96. The summed E-state index contributed by atoms with van der Waals surface area (Å²) in [7, 11) is 0. The van der Waals surface area contributed by atoms with Crippen LogP contribution in [-0.4, -0.2) is 28.4 Å². The van der Waals surface area contributed by atoms with Crippen LogP contribution in [0.1, 0.15) is 13.8 Å². The van der Waals surface area contributed by atoms with Crippen LogP contribution in [0.3, 0.4) is 0 Å². The molecule has 0 radical (unpaired) electrons. The fourth-order valence-electron chi connectivity index (χ4n) is 2.10. The second-order valence-corrected chi connectivity index (χ2v) is 5.46. The van der Waals surface area contributed by atoms with Crippen molar-refractivity contribution in [2.75, 3.05) is 13.2 Å². The highest BCUT2D eigenvalue weighted by atomic mass is 32.1. The summed E-state index contributed by atoms with van der Waals surface area (Å²) in [5, 5.41) is 9.28. The van der Waals surface area contributed by atoms with Gasteiger partial charge in [-0.1, -0.05) is 6.07 Å². The summed E-state index contributed by atoms with van der Waals surface area (Å²) in [5.74, 6) is 2.87. The molecule has 5 nitrogen and oxygen atoms in total. The first-order valence-electron chi connectivity index (χ1n) is 7.18. The molecular formula is C16H17N3O2S. The van der Waals surface area contributed by atoms with Gasteiger partial charge in [0.1, 0.15) is 0 Å². The first-order chi connectivity index (χ1) is 10.8. The molecule has 0 aliphatic heterocycles. The van der Waals surface area contributed by atoms with Gasteiger partial charge < -0.3 is 9.47 Å². The maximum absolute atomic E-state index is 5.64. The molecule has 22 heavy (non-hydrogen) atoms. The number of ether oxygens (including phenoxy) is 2. The van der Waals surface area contributed by atoms with Crippen molar-refractivity contribution in [3.05, 3.63) is 35.7 Å². The van der Waals surface area contributed by atoms with Crippen LogP contribution >= 0.6 is 11.3 Å². The molecule has 0 spiro atoms. The molecule has 3 rings (SSSR count). The summed E-state index contributed by atoms with van der Waals surface area (Å²) < 4.78 is 11.2. The number of aromatic amines is 1. The highest BCUT2D eigenvalue weighted by molar-refractivity contribution is 7.13. The number of nitrogens with zero attached hydrogens (tertiary/aromatic N) is 2. The van der Waals surface area contributed by atoms with E-state index in [1.165, 1.54) is 0 Å². The third-order valence-electron chi connectivity index (χ3n) is 3.04. The highest BCUT2D eigenvalue weighted by Crippen LogP contribution is 2.32. The first-order valence-corrected chi connectivity index (χ1v) is 8.06. The Kier molecular flexibility index (Phi) is 4.39.